The lowest BCUT2D eigenvalue weighted by Gasteiger charge is -2.14. The first kappa shape index (κ1) is 24.1. The van der Waals surface area contributed by atoms with E-state index in [1.165, 1.54) is 7.11 Å². The minimum Gasteiger partial charge on any atom is -0.490 e. The topological polar surface area (TPSA) is 95.1 Å². The number of carbonyl (C=O) groups is 2. The van der Waals surface area contributed by atoms with Crippen molar-refractivity contribution in [1.29, 1.82) is 0 Å². The normalized spacial score (nSPS) is 10.1. The Balaban J connectivity index is 1.73. The van der Waals surface area contributed by atoms with Crippen LogP contribution in [-0.4, -0.2) is 50.5 Å². The lowest BCUT2D eigenvalue weighted by Crippen LogP contribution is -2.34. The second kappa shape index (κ2) is 13.9. The third-order valence-electron chi connectivity index (χ3n) is 3.85. The summed E-state index contributed by atoms with van der Waals surface area (Å²) in [6, 6.07) is 16.7. The highest BCUT2D eigenvalue weighted by molar-refractivity contribution is 7.80. The van der Waals surface area contributed by atoms with Gasteiger partial charge in [-0.1, -0.05) is 30.3 Å². The number of methoxy groups -OCH3 is 1. The second-order valence-electron chi connectivity index (χ2n) is 6.22. The zero-order valence-electron chi connectivity index (χ0n) is 17.3. The number of anilines is 1. The molecule has 9 heteroatoms. The molecule has 0 bridgehead atoms. The SMILES string of the molecule is COCCOC(=O)CCC(=O)NC(=S)Nc1ccccc1OCCOc1ccccc1. The number of hydrogen-bond acceptors (Lipinski definition) is 7. The summed E-state index contributed by atoms with van der Waals surface area (Å²) in [5, 5.41) is 5.57. The molecule has 2 aromatic carbocycles. The molecule has 8 nitrogen and oxygen atoms in total. The molecule has 2 N–H and O–H groups in total. The zero-order chi connectivity index (χ0) is 22.3. The minimum absolute atomic E-state index is 0.0391. The number of para-hydroxylation sites is 3. The summed E-state index contributed by atoms with van der Waals surface area (Å²) in [5.41, 5.74) is 0.603. The average molecular weight is 447 g/mol. The van der Waals surface area contributed by atoms with Crippen LogP contribution in [0.15, 0.2) is 54.6 Å². The van der Waals surface area contributed by atoms with Crippen LogP contribution in [0.2, 0.25) is 0 Å². The van der Waals surface area contributed by atoms with E-state index in [1.807, 2.05) is 42.5 Å². The minimum atomic E-state index is -0.470. The molecule has 2 rings (SSSR count). The molecular formula is C22H26N2O6S. The van der Waals surface area contributed by atoms with Crippen molar-refractivity contribution in [2.45, 2.75) is 12.8 Å². The summed E-state index contributed by atoms with van der Waals surface area (Å²) in [6.07, 6.45) is -0.0815. The molecule has 0 spiro atoms. The molecule has 0 aliphatic heterocycles. The van der Waals surface area contributed by atoms with E-state index in [0.29, 0.717) is 31.3 Å². The lowest BCUT2D eigenvalue weighted by atomic mass is 10.3. The zero-order valence-corrected chi connectivity index (χ0v) is 18.1. The van der Waals surface area contributed by atoms with Crippen molar-refractivity contribution in [3.63, 3.8) is 0 Å². The van der Waals surface area contributed by atoms with Crippen molar-refractivity contribution in [1.82, 2.24) is 5.32 Å². The number of ether oxygens (including phenoxy) is 4. The van der Waals surface area contributed by atoms with Gasteiger partial charge in [0, 0.05) is 13.5 Å². The third kappa shape index (κ3) is 9.92. The molecule has 0 saturated carbocycles. The van der Waals surface area contributed by atoms with Crippen LogP contribution in [0.1, 0.15) is 12.8 Å². The van der Waals surface area contributed by atoms with E-state index in [9.17, 15) is 9.59 Å². The summed E-state index contributed by atoms with van der Waals surface area (Å²) in [7, 11) is 1.51. The van der Waals surface area contributed by atoms with Crippen molar-refractivity contribution in [3.05, 3.63) is 54.6 Å². The quantitative estimate of drug-likeness (QED) is 0.292. The fraction of sp³-hybridized carbons (Fsp3) is 0.318. The van der Waals surface area contributed by atoms with Gasteiger partial charge >= 0.3 is 5.97 Å². The Bertz CT molecular complexity index is 847. The van der Waals surface area contributed by atoms with Gasteiger partial charge in [-0.3, -0.25) is 9.59 Å². The van der Waals surface area contributed by atoms with Gasteiger partial charge in [-0.15, -0.1) is 0 Å². The van der Waals surface area contributed by atoms with Gasteiger partial charge < -0.3 is 29.6 Å². The molecule has 0 fully saturated rings. The number of nitrogens with one attached hydrogen (secondary N) is 2. The van der Waals surface area contributed by atoms with E-state index in [0.717, 1.165) is 5.75 Å². The predicted octanol–water partition coefficient (Wildman–Crippen LogP) is 2.93. The molecule has 1 amide bonds. The highest BCUT2D eigenvalue weighted by Crippen LogP contribution is 2.23. The van der Waals surface area contributed by atoms with Crippen molar-refractivity contribution < 1.29 is 28.5 Å². The largest absolute Gasteiger partial charge is 0.490 e. The molecule has 166 valence electrons. The number of benzene rings is 2. The smallest absolute Gasteiger partial charge is 0.306 e. The van der Waals surface area contributed by atoms with Crippen LogP contribution >= 0.6 is 12.2 Å². The highest BCUT2D eigenvalue weighted by atomic mass is 32.1. The Morgan fingerprint density at radius 1 is 0.871 bits per heavy atom. The Hall–Kier alpha value is -3.17. The molecule has 2 aromatic rings. The number of carbonyl (C=O) groups excluding carboxylic acids is 2. The molecule has 0 unspecified atom stereocenters. The molecule has 0 radical (unpaired) electrons. The van der Waals surface area contributed by atoms with Crippen molar-refractivity contribution in [3.8, 4) is 11.5 Å². The van der Waals surface area contributed by atoms with Crippen LogP contribution < -0.4 is 20.1 Å². The Morgan fingerprint density at radius 2 is 1.58 bits per heavy atom. The molecular weight excluding hydrogens is 420 g/mol. The number of amides is 1. The van der Waals surface area contributed by atoms with Crippen LogP contribution in [-0.2, 0) is 19.1 Å². The summed E-state index contributed by atoms with van der Waals surface area (Å²) < 4.78 is 21.1. The molecule has 0 atom stereocenters. The average Bonchev–Trinajstić information content (AvgIpc) is 2.77. The van der Waals surface area contributed by atoms with Gasteiger partial charge in [0.2, 0.25) is 5.91 Å². The van der Waals surface area contributed by atoms with Crippen molar-refractivity contribution >= 4 is 34.9 Å². The standard InChI is InChI=1S/C22H26N2O6S/c1-27-13-14-30-21(26)12-11-20(25)24-22(31)23-18-9-5-6-10-19(18)29-16-15-28-17-7-3-2-4-8-17/h2-10H,11-16H2,1H3,(H2,23,24,25,31). The summed E-state index contributed by atoms with van der Waals surface area (Å²) >= 11 is 5.18. The van der Waals surface area contributed by atoms with Gasteiger partial charge in [0.15, 0.2) is 5.11 Å². The monoisotopic (exact) mass is 446 g/mol. The maximum absolute atomic E-state index is 12.0. The summed E-state index contributed by atoms with van der Waals surface area (Å²) in [4.78, 5) is 23.5. The lowest BCUT2D eigenvalue weighted by molar-refractivity contribution is -0.146. The maximum Gasteiger partial charge on any atom is 0.306 e. The van der Waals surface area contributed by atoms with Gasteiger partial charge in [0.25, 0.3) is 0 Å². The number of thiocarbonyl (C=S) groups is 1. The Labute approximate surface area is 186 Å². The van der Waals surface area contributed by atoms with Crippen LogP contribution in [0.3, 0.4) is 0 Å². The molecule has 0 heterocycles. The van der Waals surface area contributed by atoms with E-state index in [1.54, 1.807) is 12.1 Å². The molecule has 0 aliphatic rings. The van der Waals surface area contributed by atoms with Crippen molar-refractivity contribution in [2.75, 3.05) is 38.9 Å². The fourth-order valence-corrected chi connectivity index (χ4v) is 2.62. The van der Waals surface area contributed by atoms with E-state index < -0.39 is 11.9 Å². The van der Waals surface area contributed by atoms with Crippen LogP contribution in [0.5, 0.6) is 11.5 Å². The van der Waals surface area contributed by atoms with E-state index >= 15 is 0 Å². The third-order valence-corrected chi connectivity index (χ3v) is 4.05. The number of hydrogen-bond donors (Lipinski definition) is 2. The summed E-state index contributed by atoms with van der Waals surface area (Å²) in [5.74, 6) is 0.472. The first-order valence-corrected chi connectivity index (χ1v) is 10.1. The van der Waals surface area contributed by atoms with Gasteiger partial charge in [-0.05, 0) is 36.5 Å². The Kier molecular flexibility index (Phi) is 10.8. The fourth-order valence-electron chi connectivity index (χ4n) is 2.39. The second-order valence-corrected chi connectivity index (χ2v) is 6.63. The number of rotatable bonds is 12. The van der Waals surface area contributed by atoms with E-state index in [2.05, 4.69) is 10.6 Å². The molecule has 0 saturated heterocycles. The van der Waals surface area contributed by atoms with Crippen LogP contribution in [0.4, 0.5) is 5.69 Å². The van der Waals surface area contributed by atoms with Gasteiger partial charge in [0.1, 0.15) is 31.3 Å². The predicted molar refractivity (Wildman–Crippen MR) is 120 cm³/mol. The van der Waals surface area contributed by atoms with E-state index in [4.69, 9.17) is 31.2 Å². The Morgan fingerprint density at radius 3 is 2.35 bits per heavy atom. The van der Waals surface area contributed by atoms with Crippen LogP contribution in [0.25, 0.3) is 0 Å². The molecule has 31 heavy (non-hydrogen) atoms. The van der Waals surface area contributed by atoms with Gasteiger partial charge in [-0.25, -0.2) is 0 Å². The van der Waals surface area contributed by atoms with Gasteiger partial charge in [-0.2, -0.15) is 0 Å². The maximum atomic E-state index is 12.0. The van der Waals surface area contributed by atoms with Gasteiger partial charge in [0.05, 0.1) is 18.7 Å². The summed E-state index contributed by atoms with van der Waals surface area (Å²) in [6.45, 7) is 1.17. The first-order valence-electron chi connectivity index (χ1n) is 9.73. The molecule has 0 aromatic heterocycles. The van der Waals surface area contributed by atoms with E-state index in [-0.39, 0.29) is 24.6 Å². The highest BCUT2D eigenvalue weighted by Gasteiger charge is 2.11. The molecule has 0 aliphatic carbocycles. The van der Waals surface area contributed by atoms with Crippen LogP contribution in [0, 0.1) is 0 Å². The van der Waals surface area contributed by atoms with Crippen molar-refractivity contribution in [2.24, 2.45) is 0 Å². The first-order chi connectivity index (χ1) is 15.1. The number of esters is 1.